The molecule has 1 aromatic heterocycles. The van der Waals surface area contributed by atoms with Crippen molar-refractivity contribution in [2.75, 3.05) is 4.90 Å². The minimum absolute atomic E-state index is 0.456. The molecule has 0 atom stereocenters. The summed E-state index contributed by atoms with van der Waals surface area (Å²) in [6.45, 7) is 0. The number of thiophene rings is 1. The summed E-state index contributed by atoms with van der Waals surface area (Å²) in [6.07, 6.45) is 0. The van der Waals surface area contributed by atoms with Gasteiger partial charge in [-0.25, -0.2) is 0 Å². The molecule has 0 amide bonds. The van der Waals surface area contributed by atoms with Gasteiger partial charge in [0.15, 0.2) is 0 Å². The maximum atomic E-state index is 2.49. The van der Waals surface area contributed by atoms with Crippen molar-refractivity contribution < 1.29 is 0 Å². The Morgan fingerprint density at radius 3 is 1.25 bits per heavy atom. The molecule has 73 heavy (non-hydrogen) atoms. The highest BCUT2D eigenvalue weighted by atomic mass is 32.1. The minimum Gasteiger partial charge on any atom is -0.310 e. The lowest BCUT2D eigenvalue weighted by atomic mass is 9.70. The summed E-state index contributed by atoms with van der Waals surface area (Å²) in [5.74, 6) is 0. The Hall–Kier alpha value is -9.08. The van der Waals surface area contributed by atoms with Gasteiger partial charge in [0.05, 0.1) is 5.41 Å². The summed E-state index contributed by atoms with van der Waals surface area (Å²) in [5, 5.41) is 5.15. The topological polar surface area (TPSA) is 3.24 Å². The molecule has 15 rings (SSSR count). The van der Waals surface area contributed by atoms with Gasteiger partial charge in [-0.2, -0.15) is 0 Å². The maximum absolute atomic E-state index is 2.49. The lowest BCUT2D eigenvalue weighted by molar-refractivity contribution is 0.793. The molecule has 2 heteroatoms. The van der Waals surface area contributed by atoms with Gasteiger partial charge in [0, 0.05) is 42.6 Å². The highest BCUT2D eigenvalue weighted by Crippen LogP contribution is 2.63. The molecule has 1 heterocycles. The first-order chi connectivity index (χ1) is 36.2. The number of hydrogen-bond acceptors (Lipinski definition) is 2. The minimum atomic E-state index is -0.456. The predicted octanol–water partition coefficient (Wildman–Crippen LogP) is 19.7. The van der Waals surface area contributed by atoms with Crippen molar-refractivity contribution in [2.45, 2.75) is 5.41 Å². The van der Waals surface area contributed by atoms with Crippen LogP contribution in [0.4, 0.5) is 17.1 Å². The molecule has 0 fully saturated rings. The van der Waals surface area contributed by atoms with E-state index in [1.807, 2.05) is 11.3 Å². The number of fused-ring (bicyclic) bond motifs is 15. The number of anilines is 3. The summed E-state index contributed by atoms with van der Waals surface area (Å²) in [7, 11) is 0. The summed E-state index contributed by atoms with van der Waals surface area (Å²) in [5.41, 5.74) is 23.1. The van der Waals surface area contributed by atoms with Crippen molar-refractivity contribution in [1.29, 1.82) is 0 Å². The Labute approximate surface area is 429 Å². The zero-order valence-corrected chi connectivity index (χ0v) is 40.7. The van der Waals surface area contributed by atoms with Crippen LogP contribution in [0.15, 0.2) is 273 Å². The number of benzene rings is 12. The third-order valence-electron chi connectivity index (χ3n) is 15.7. The molecule has 0 radical (unpaired) electrons. The largest absolute Gasteiger partial charge is 0.310 e. The number of hydrogen-bond donors (Lipinski definition) is 0. The predicted molar refractivity (Wildman–Crippen MR) is 310 cm³/mol. The molecule has 340 valence electrons. The van der Waals surface area contributed by atoms with Gasteiger partial charge in [0.2, 0.25) is 0 Å². The maximum Gasteiger partial charge on any atom is 0.0726 e. The van der Waals surface area contributed by atoms with Crippen molar-refractivity contribution in [3.8, 4) is 66.8 Å². The molecule has 1 spiro atoms. The molecule has 1 nitrogen and oxygen atoms in total. The second kappa shape index (κ2) is 16.5. The van der Waals surface area contributed by atoms with E-state index in [1.54, 1.807) is 0 Å². The highest BCUT2D eigenvalue weighted by molar-refractivity contribution is 7.26. The van der Waals surface area contributed by atoms with Crippen molar-refractivity contribution in [1.82, 2.24) is 0 Å². The van der Waals surface area contributed by atoms with Gasteiger partial charge in [-0.15, -0.1) is 11.3 Å². The van der Waals surface area contributed by atoms with E-state index in [0.717, 1.165) is 17.1 Å². The van der Waals surface area contributed by atoms with Gasteiger partial charge >= 0.3 is 0 Å². The first-order valence-corrected chi connectivity index (χ1v) is 26.1. The molecule has 0 saturated heterocycles. The van der Waals surface area contributed by atoms with Gasteiger partial charge in [-0.1, -0.05) is 231 Å². The molecule has 13 aromatic rings. The van der Waals surface area contributed by atoms with E-state index in [9.17, 15) is 0 Å². The fourth-order valence-electron chi connectivity index (χ4n) is 12.6. The molecule has 0 N–H and O–H groups in total. The molecule has 0 unspecified atom stereocenters. The molecule has 0 saturated carbocycles. The molecule has 12 aromatic carbocycles. The third kappa shape index (κ3) is 6.27. The highest BCUT2D eigenvalue weighted by Gasteiger charge is 2.51. The van der Waals surface area contributed by atoms with Gasteiger partial charge in [-0.05, 0) is 137 Å². The van der Waals surface area contributed by atoms with E-state index >= 15 is 0 Å². The van der Waals surface area contributed by atoms with E-state index in [0.29, 0.717) is 0 Å². The lowest BCUT2D eigenvalue weighted by Gasteiger charge is -2.32. The van der Waals surface area contributed by atoms with Gasteiger partial charge in [0.1, 0.15) is 0 Å². The molecule has 0 aliphatic heterocycles. The van der Waals surface area contributed by atoms with Crippen molar-refractivity contribution in [3.63, 3.8) is 0 Å². The van der Waals surface area contributed by atoms with Crippen LogP contribution in [0.5, 0.6) is 0 Å². The van der Waals surface area contributed by atoms with E-state index in [4.69, 9.17) is 0 Å². The van der Waals surface area contributed by atoms with Crippen molar-refractivity contribution >= 4 is 59.3 Å². The van der Waals surface area contributed by atoms with Crippen LogP contribution in [-0.4, -0.2) is 0 Å². The molecular formula is C71H45NS. The van der Waals surface area contributed by atoms with Crippen molar-refractivity contribution in [3.05, 3.63) is 295 Å². The van der Waals surface area contributed by atoms with Gasteiger partial charge in [-0.3, -0.25) is 0 Å². The average Bonchev–Trinajstić information content (AvgIpc) is 4.11. The first-order valence-electron chi connectivity index (χ1n) is 25.2. The van der Waals surface area contributed by atoms with Crippen LogP contribution in [0.3, 0.4) is 0 Å². The van der Waals surface area contributed by atoms with E-state index in [2.05, 4.69) is 278 Å². The molecule has 2 aliphatic carbocycles. The van der Waals surface area contributed by atoms with Crippen LogP contribution in [0.25, 0.3) is 97.7 Å². The van der Waals surface area contributed by atoms with Crippen molar-refractivity contribution in [2.24, 2.45) is 0 Å². The van der Waals surface area contributed by atoms with Crippen LogP contribution < -0.4 is 4.90 Å². The fraction of sp³-hybridized carbons (Fsp3) is 0.0141. The second-order valence-electron chi connectivity index (χ2n) is 19.5. The number of rotatable bonds is 7. The Balaban J connectivity index is 0.943. The smallest absolute Gasteiger partial charge is 0.0726 e. The standard InChI is InChI=1S/C71H45NS/c1-3-17-46(18-4-1)48-31-33-50(34-32-48)67-59-24-7-8-25-60(59)70-69(61-26-12-16-30-66(61)73-70)68(67)51-37-41-53(42-38-51)72(52-39-35-49(36-40-52)47-19-5-2-6-20-47)54-43-44-58-57-23-11-15-29-64(57)71(65(58)45-54)62-27-13-9-21-55(62)56-22-10-14-28-63(56)71/h1-45H. The Morgan fingerprint density at radius 2 is 0.671 bits per heavy atom. The molecular weight excluding hydrogens is 899 g/mol. The zero-order valence-electron chi connectivity index (χ0n) is 39.8. The summed E-state index contributed by atoms with van der Waals surface area (Å²) < 4.78 is 2.62. The van der Waals surface area contributed by atoms with E-state index in [-0.39, 0.29) is 0 Å². The summed E-state index contributed by atoms with van der Waals surface area (Å²) in [6, 6.07) is 101. The normalized spacial score (nSPS) is 12.8. The third-order valence-corrected chi connectivity index (χ3v) is 16.9. The molecule has 2 aliphatic rings. The van der Waals surface area contributed by atoms with Gasteiger partial charge in [0.25, 0.3) is 0 Å². The van der Waals surface area contributed by atoms with Crippen LogP contribution in [-0.2, 0) is 5.41 Å². The van der Waals surface area contributed by atoms with Crippen LogP contribution in [0.2, 0.25) is 0 Å². The van der Waals surface area contributed by atoms with Crippen LogP contribution in [0.1, 0.15) is 22.3 Å². The summed E-state index contributed by atoms with van der Waals surface area (Å²) in [4.78, 5) is 2.46. The Kier molecular flexibility index (Phi) is 9.42. The van der Waals surface area contributed by atoms with Crippen LogP contribution >= 0.6 is 11.3 Å². The fourth-order valence-corrected chi connectivity index (χ4v) is 13.8. The lowest BCUT2D eigenvalue weighted by Crippen LogP contribution is -2.26. The molecule has 0 bridgehead atoms. The quantitative estimate of drug-likeness (QED) is 0.154. The Morgan fingerprint density at radius 1 is 0.274 bits per heavy atom. The second-order valence-corrected chi connectivity index (χ2v) is 20.5. The number of nitrogens with zero attached hydrogens (tertiary/aromatic N) is 1. The SMILES string of the molecule is c1ccc(-c2ccc(-c3c(-c4ccc(N(c5ccc(-c6ccccc6)cc5)c5ccc6c(c5)C5(c7ccccc7-c7ccccc75)c5ccccc5-6)cc4)c4c5ccccc5sc4c4ccccc34)cc2)cc1. The average molecular weight is 944 g/mol. The zero-order chi connectivity index (χ0) is 48.0. The van der Waals surface area contributed by atoms with E-state index in [1.165, 1.54) is 120 Å². The first kappa shape index (κ1) is 41.7. The van der Waals surface area contributed by atoms with E-state index < -0.39 is 5.41 Å². The monoisotopic (exact) mass is 943 g/mol. The van der Waals surface area contributed by atoms with Gasteiger partial charge < -0.3 is 4.90 Å². The van der Waals surface area contributed by atoms with Crippen LogP contribution in [0, 0.1) is 0 Å². The Bertz CT molecular complexity index is 4220. The summed E-state index contributed by atoms with van der Waals surface area (Å²) >= 11 is 1.90.